The van der Waals surface area contributed by atoms with E-state index in [1.165, 1.54) is 17.9 Å². The van der Waals surface area contributed by atoms with E-state index in [0.29, 0.717) is 23.7 Å². The van der Waals surface area contributed by atoms with Crippen molar-refractivity contribution in [3.05, 3.63) is 71.2 Å². The van der Waals surface area contributed by atoms with Crippen molar-refractivity contribution in [1.29, 1.82) is 0 Å². The number of carbonyl (C=O) groups excluding carboxylic acids is 1. The molecule has 5 rings (SSSR count). The molecule has 3 aromatic heterocycles. The van der Waals surface area contributed by atoms with E-state index in [2.05, 4.69) is 24.7 Å². The highest BCUT2D eigenvalue weighted by Gasteiger charge is 2.21. The summed E-state index contributed by atoms with van der Waals surface area (Å²) in [5, 5.41) is 3.88. The van der Waals surface area contributed by atoms with E-state index in [9.17, 15) is 4.79 Å². The topological polar surface area (TPSA) is 93.3 Å². The molecule has 0 bridgehead atoms. The van der Waals surface area contributed by atoms with Crippen LogP contribution in [0.15, 0.2) is 52.5 Å². The summed E-state index contributed by atoms with van der Waals surface area (Å²) in [4.78, 5) is 26.4. The van der Waals surface area contributed by atoms with Gasteiger partial charge >= 0.3 is 0 Å². The van der Waals surface area contributed by atoms with Gasteiger partial charge in [0.15, 0.2) is 12.2 Å². The van der Waals surface area contributed by atoms with Crippen LogP contribution in [0.4, 0.5) is 5.69 Å². The van der Waals surface area contributed by atoms with Crippen molar-refractivity contribution >= 4 is 39.1 Å². The van der Waals surface area contributed by atoms with Gasteiger partial charge in [0.2, 0.25) is 0 Å². The Morgan fingerprint density at radius 2 is 2.19 bits per heavy atom. The SMILES string of the molecule is Cc1cc2cnsc2nc1C(=O)Nc1ccc2c(c1)C(c1cnco1)=NC2. The van der Waals surface area contributed by atoms with E-state index in [1.54, 1.807) is 12.4 Å². The number of fused-ring (bicyclic) bond motifs is 2. The summed E-state index contributed by atoms with van der Waals surface area (Å²) >= 11 is 1.28. The number of nitrogens with zero attached hydrogens (tertiary/aromatic N) is 4. The minimum Gasteiger partial charge on any atom is -0.442 e. The number of aliphatic imine (C=N–C) groups is 1. The fraction of sp³-hybridized carbons (Fsp3) is 0.105. The van der Waals surface area contributed by atoms with E-state index in [-0.39, 0.29) is 5.91 Å². The Bertz CT molecular complexity index is 1210. The van der Waals surface area contributed by atoms with Gasteiger partial charge in [0.25, 0.3) is 5.91 Å². The van der Waals surface area contributed by atoms with Gasteiger partial charge in [0, 0.05) is 16.6 Å². The van der Waals surface area contributed by atoms with Crippen molar-refractivity contribution in [2.75, 3.05) is 5.32 Å². The van der Waals surface area contributed by atoms with Crippen molar-refractivity contribution in [1.82, 2.24) is 14.3 Å². The lowest BCUT2D eigenvalue weighted by Gasteiger charge is -2.09. The molecule has 27 heavy (non-hydrogen) atoms. The van der Waals surface area contributed by atoms with Crippen molar-refractivity contribution in [3.63, 3.8) is 0 Å². The highest BCUT2D eigenvalue weighted by molar-refractivity contribution is 7.12. The average molecular weight is 375 g/mol. The number of nitrogens with one attached hydrogen (secondary N) is 1. The number of carbonyl (C=O) groups is 1. The Morgan fingerprint density at radius 3 is 3.04 bits per heavy atom. The summed E-state index contributed by atoms with van der Waals surface area (Å²) in [7, 11) is 0. The largest absolute Gasteiger partial charge is 0.442 e. The maximum absolute atomic E-state index is 12.8. The molecule has 0 aliphatic carbocycles. The second kappa shape index (κ2) is 6.10. The van der Waals surface area contributed by atoms with Crippen LogP contribution in [0.3, 0.4) is 0 Å². The van der Waals surface area contributed by atoms with Crippen LogP contribution in [-0.2, 0) is 6.54 Å². The molecule has 4 heterocycles. The lowest BCUT2D eigenvalue weighted by molar-refractivity contribution is 0.102. The quantitative estimate of drug-likeness (QED) is 0.591. The number of amides is 1. The van der Waals surface area contributed by atoms with Crippen molar-refractivity contribution in [3.8, 4) is 0 Å². The number of aryl methyl sites for hydroxylation is 1. The summed E-state index contributed by atoms with van der Waals surface area (Å²) in [5.74, 6) is 0.365. The molecule has 8 heteroatoms. The third-order valence-electron chi connectivity index (χ3n) is 4.45. The molecule has 4 aromatic rings. The third kappa shape index (κ3) is 2.70. The predicted octanol–water partition coefficient (Wildman–Crippen LogP) is 3.59. The molecule has 0 unspecified atom stereocenters. The van der Waals surface area contributed by atoms with Crippen LogP contribution in [0.2, 0.25) is 0 Å². The van der Waals surface area contributed by atoms with E-state index < -0.39 is 0 Å². The van der Waals surface area contributed by atoms with E-state index >= 15 is 0 Å². The Morgan fingerprint density at radius 1 is 1.26 bits per heavy atom. The number of oxazole rings is 1. The first-order valence-corrected chi connectivity index (χ1v) is 9.06. The molecule has 0 fully saturated rings. The Labute approximate surface area is 158 Å². The van der Waals surface area contributed by atoms with Crippen molar-refractivity contribution < 1.29 is 9.21 Å². The molecule has 0 saturated carbocycles. The minimum atomic E-state index is -0.251. The molecule has 132 valence electrons. The first kappa shape index (κ1) is 15.8. The van der Waals surface area contributed by atoms with Gasteiger partial charge in [-0.25, -0.2) is 9.97 Å². The summed E-state index contributed by atoms with van der Waals surface area (Å²) in [6, 6.07) is 7.67. The molecule has 0 spiro atoms. The monoisotopic (exact) mass is 375 g/mol. The molecular weight excluding hydrogens is 362 g/mol. The molecule has 0 atom stereocenters. The maximum atomic E-state index is 12.8. The van der Waals surface area contributed by atoms with Crippen molar-refractivity contribution in [2.24, 2.45) is 4.99 Å². The summed E-state index contributed by atoms with van der Waals surface area (Å²) < 4.78 is 9.49. The molecule has 0 radical (unpaired) electrons. The summed E-state index contributed by atoms with van der Waals surface area (Å²) in [5.41, 5.74) is 4.66. The van der Waals surface area contributed by atoms with E-state index in [4.69, 9.17) is 4.42 Å². The van der Waals surface area contributed by atoms with Crippen LogP contribution in [0.25, 0.3) is 10.2 Å². The Kier molecular flexibility index (Phi) is 3.58. The van der Waals surface area contributed by atoms with Gasteiger partial charge in [-0.05, 0) is 47.8 Å². The lowest BCUT2D eigenvalue weighted by Crippen LogP contribution is -2.15. The third-order valence-corrected chi connectivity index (χ3v) is 5.16. The Hall–Kier alpha value is -3.39. The van der Waals surface area contributed by atoms with Gasteiger partial charge < -0.3 is 9.73 Å². The minimum absolute atomic E-state index is 0.251. The highest BCUT2D eigenvalue weighted by atomic mass is 32.1. The smallest absolute Gasteiger partial charge is 0.274 e. The number of anilines is 1. The van der Waals surface area contributed by atoms with Crippen LogP contribution in [0.5, 0.6) is 0 Å². The van der Waals surface area contributed by atoms with Crippen LogP contribution < -0.4 is 5.32 Å². The average Bonchev–Trinajstić information content (AvgIpc) is 3.40. The van der Waals surface area contributed by atoms with Crippen molar-refractivity contribution in [2.45, 2.75) is 13.5 Å². The normalized spacial score (nSPS) is 12.9. The number of benzene rings is 1. The highest BCUT2D eigenvalue weighted by Crippen LogP contribution is 2.26. The second-order valence-electron chi connectivity index (χ2n) is 6.23. The zero-order chi connectivity index (χ0) is 18.4. The van der Waals surface area contributed by atoms with Crippen LogP contribution >= 0.6 is 11.5 Å². The number of hydrogen-bond acceptors (Lipinski definition) is 7. The fourth-order valence-electron chi connectivity index (χ4n) is 3.14. The molecule has 1 aliphatic rings. The van der Waals surface area contributed by atoms with Gasteiger partial charge in [-0.15, -0.1) is 0 Å². The standard InChI is InChI=1S/C19H13N5O2S/c1-10-4-12-7-22-27-19(12)24-16(10)18(25)23-13-3-2-11-6-21-17(14(11)5-13)15-8-20-9-26-15/h2-5,7-9H,6H2,1H3,(H,23,25). The first-order chi connectivity index (χ1) is 13.2. The van der Waals surface area contributed by atoms with Gasteiger partial charge in [-0.3, -0.25) is 9.79 Å². The van der Waals surface area contributed by atoms with Gasteiger partial charge in [0.05, 0.1) is 18.9 Å². The van der Waals surface area contributed by atoms with Crippen LogP contribution in [0, 0.1) is 6.92 Å². The summed E-state index contributed by atoms with van der Waals surface area (Å²) in [6.45, 7) is 2.46. The van der Waals surface area contributed by atoms with Crippen LogP contribution in [-0.4, -0.2) is 26.0 Å². The van der Waals surface area contributed by atoms with Gasteiger partial charge in [-0.1, -0.05) is 6.07 Å². The number of pyridine rings is 1. The molecule has 1 aliphatic heterocycles. The molecule has 1 aromatic carbocycles. The molecule has 7 nitrogen and oxygen atoms in total. The molecular formula is C19H13N5O2S. The zero-order valence-corrected chi connectivity index (χ0v) is 15.1. The first-order valence-electron chi connectivity index (χ1n) is 8.29. The number of aromatic nitrogens is 3. The predicted molar refractivity (Wildman–Crippen MR) is 102 cm³/mol. The molecule has 1 amide bonds. The summed E-state index contributed by atoms with van der Waals surface area (Å²) in [6.07, 6.45) is 4.77. The molecule has 0 saturated heterocycles. The van der Waals surface area contributed by atoms with Gasteiger partial charge in [-0.2, -0.15) is 4.37 Å². The maximum Gasteiger partial charge on any atom is 0.274 e. The fourth-order valence-corrected chi connectivity index (χ4v) is 3.76. The van der Waals surface area contributed by atoms with Gasteiger partial charge in [0.1, 0.15) is 16.2 Å². The second-order valence-corrected chi connectivity index (χ2v) is 7.01. The van der Waals surface area contributed by atoms with E-state index in [1.807, 2.05) is 31.2 Å². The Balaban J connectivity index is 1.46. The van der Waals surface area contributed by atoms with Crippen LogP contribution in [0.1, 0.15) is 32.9 Å². The number of hydrogen-bond donors (Lipinski definition) is 1. The molecule has 1 N–H and O–H groups in total. The lowest BCUT2D eigenvalue weighted by atomic mass is 10.0. The zero-order valence-electron chi connectivity index (χ0n) is 14.3. The number of rotatable bonds is 3. The van der Waals surface area contributed by atoms with E-state index in [0.717, 1.165) is 32.6 Å².